The third kappa shape index (κ3) is 3.47. The average Bonchev–Trinajstić information content (AvgIpc) is 3.37. The normalized spacial score (nSPS) is 29.3. The van der Waals surface area contributed by atoms with Crippen molar-refractivity contribution >= 4 is 0 Å². The lowest BCUT2D eigenvalue weighted by atomic mass is 9.75. The molecule has 112 valence electrons. The van der Waals surface area contributed by atoms with Crippen molar-refractivity contribution in [2.75, 3.05) is 13.1 Å². The van der Waals surface area contributed by atoms with Gasteiger partial charge in [-0.15, -0.1) is 0 Å². The van der Waals surface area contributed by atoms with Gasteiger partial charge in [0.25, 0.3) is 0 Å². The fraction of sp³-hybridized carbons (Fsp3) is 0.632. The Labute approximate surface area is 128 Å². The van der Waals surface area contributed by atoms with Gasteiger partial charge in [0.1, 0.15) is 0 Å². The number of rotatable bonds is 5. The zero-order chi connectivity index (χ0) is 14.7. The van der Waals surface area contributed by atoms with Gasteiger partial charge in [-0.3, -0.25) is 4.90 Å². The summed E-state index contributed by atoms with van der Waals surface area (Å²) in [5, 5.41) is 9.54. The minimum atomic E-state index is 0.226. The Balaban J connectivity index is 1.73. The fourth-order valence-corrected chi connectivity index (χ4v) is 3.86. The van der Waals surface area contributed by atoms with Gasteiger partial charge in [0.05, 0.1) is 12.0 Å². The Morgan fingerprint density at radius 1 is 1.14 bits per heavy atom. The van der Waals surface area contributed by atoms with Crippen molar-refractivity contribution in [3.63, 3.8) is 0 Å². The maximum atomic E-state index is 9.54. The molecule has 3 atom stereocenters. The van der Waals surface area contributed by atoms with Gasteiger partial charge in [-0.1, -0.05) is 37.3 Å². The van der Waals surface area contributed by atoms with E-state index in [1.807, 2.05) is 0 Å². The molecule has 1 aromatic carbocycles. The lowest BCUT2D eigenvalue weighted by Gasteiger charge is -2.40. The molecule has 2 nitrogen and oxygen atoms in total. The van der Waals surface area contributed by atoms with Crippen LogP contribution in [0, 0.1) is 23.2 Å². The highest BCUT2D eigenvalue weighted by Crippen LogP contribution is 2.39. The van der Waals surface area contributed by atoms with Crippen LogP contribution in [0.5, 0.6) is 0 Å². The van der Waals surface area contributed by atoms with E-state index >= 15 is 0 Å². The summed E-state index contributed by atoms with van der Waals surface area (Å²) in [6, 6.07) is 13.9. The molecule has 3 unspecified atom stereocenters. The fourth-order valence-electron chi connectivity index (χ4n) is 3.86. The summed E-state index contributed by atoms with van der Waals surface area (Å²) in [5.74, 6) is 1.76. The Bertz CT molecular complexity index is 486. The van der Waals surface area contributed by atoms with Crippen molar-refractivity contribution < 1.29 is 0 Å². The molecule has 2 fully saturated rings. The lowest BCUT2D eigenvalue weighted by molar-refractivity contribution is 0.118. The molecule has 3 rings (SSSR count). The van der Waals surface area contributed by atoms with Crippen LogP contribution in [0.15, 0.2) is 30.3 Å². The van der Waals surface area contributed by atoms with Crippen LogP contribution in [0.1, 0.15) is 50.5 Å². The zero-order valence-corrected chi connectivity index (χ0v) is 13.0. The minimum Gasteiger partial charge on any atom is -0.299 e. The molecule has 0 aromatic heterocycles. The number of benzene rings is 1. The molecule has 2 heteroatoms. The van der Waals surface area contributed by atoms with Crippen LogP contribution in [0.4, 0.5) is 0 Å². The van der Waals surface area contributed by atoms with E-state index in [1.54, 1.807) is 0 Å². The summed E-state index contributed by atoms with van der Waals surface area (Å²) in [5.41, 5.74) is 1.46. The van der Waals surface area contributed by atoms with Crippen molar-refractivity contribution in [1.82, 2.24) is 4.90 Å². The molecule has 21 heavy (non-hydrogen) atoms. The van der Waals surface area contributed by atoms with Gasteiger partial charge in [-0.05, 0) is 56.0 Å². The van der Waals surface area contributed by atoms with Gasteiger partial charge < -0.3 is 0 Å². The van der Waals surface area contributed by atoms with E-state index in [0.717, 1.165) is 25.3 Å². The quantitative estimate of drug-likeness (QED) is 0.809. The number of nitrogens with zero attached hydrogens (tertiary/aromatic N) is 2. The predicted octanol–water partition coefficient (Wildman–Crippen LogP) is 4.19. The van der Waals surface area contributed by atoms with E-state index in [-0.39, 0.29) is 5.92 Å². The first-order chi connectivity index (χ1) is 10.3. The van der Waals surface area contributed by atoms with Crippen LogP contribution in [-0.4, -0.2) is 24.0 Å². The highest BCUT2D eigenvalue weighted by atomic mass is 15.2. The van der Waals surface area contributed by atoms with Gasteiger partial charge in [-0.2, -0.15) is 5.26 Å². The van der Waals surface area contributed by atoms with Gasteiger partial charge in [0.15, 0.2) is 0 Å². The minimum absolute atomic E-state index is 0.226. The van der Waals surface area contributed by atoms with E-state index < -0.39 is 0 Å². The molecular formula is C19H26N2. The van der Waals surface area contributed by atoms with E-state index in [2.05, 4.69) is 48.2 Å². The summed E-state index contributed by atoms with van der Waals surface area (Å²) in [6.07, 6.45) is 6.16. The summed E-state index contributed by atoms with van der Waals surface area (Å²) < 4.78 is 0. The highest BCUT2D eigenvalue weighted by molar-refractivity contribution is 5.21. The van der Waals surface area contributed by atoms with Gasteiger partial charge in [-0.25, -0.2) is 0 Å². The van der Waals surface area contributed by atoms with Crippen LogP contribution in [0.3, 0.4) is 0 Å². The second-order valence-corrected chi connectivity index (χ2v) is 6.75. The largest absolute Gasteiger partial charge is 0.299 e. The van der Waals surface area contributed by atoms with E-state index in [9.17, 15) is 5.26 Å². The molecule has 0 aliphatic heterocycles. The molecule has 2 aliphatic carbocycles. The zero-order valence-electron chi connectivity index (χ0n) is 13.0. The standard InChI is InChI=1S/C19H26N2/c1-2-21(14-15-8-9-15)19-12-17(10-11-18(19)13-20)16-6-4-3-5-7-16/h3-7,15,17-19H,2,8-12,14H2,1H3. The lowest BCUT2D eigenvalue weighted by Crippen LogP contribution is -2.44. The number of nitriles is 1. The van der Waals surface area contributed by atoms with Crippen LogP contribution < -0.4 is 0 Å². The molecule has 0 bridgehead atoms. The van der Waals surface area contributed by atoms with Gasteiger partial charge in [0.2, 0.25) is 0 Å². The second-order valence-electron chi connectivity index (χ2n) is 6.75. The monoisotopic (exact) mass is 282 g/mol. The van der Waals surface area contributed by atoms with E-state index in [4.69, 9.17) is 0 Å². The smallest absolute Gasteiger partial charge is 0.0672 e. The maximum absolute atomic E-state index is 9.54. The SMILES string of the molecule is CCN(CC1CC1)C1CC(c2ccccc2)CCC1C#N. The van der Waals surface area contributed by atoms with Crippen molar-refractivity contribution in [2.45, 2.75) is 51.0 Å². The van der Waals surface area contributed by atoms with Crippen LogP contribution in [-0.2, 0) is 0 Å². The van der Waals surface area contributed by atoms with Crippen molar-refractivity contribution in [2.24, 2.45) is 11.8 Å². The van der Waals surface area contributed by atoms with Crippen molar-refractivity contribution in [3.05, 3.63) is 35.9 Å². The molecule has 0 radical (unpaired) electrons. The van der Waals surface area contributed by atoms with Crippen molar-refractivity contribution in [1.29, 1.82) is 5.26 Å². The topological polar surface area (TPSA) is 27.0 Å². The van der Waals surface area contributed by atoms with Crippen LogP contribution in [0.25, 0.3) is 0 Å². The summed E-state index contributed by atoms with van der Waals surface area (Å²) >= 11 is 0. The Morgan fingerprint density at radius 2 is 1.90 bits per heavy atom. The molecule has 0 heterocycles. The summed E-state index contributed by atoms with van der Waals surface area (Å²) in [7, 11) is 0. The van der Waals surface area contributed by atoms with Crippen molar-refractivity contribution in [3.8, 4) is 6.07 Å². The predicted molar refractivity (Wildman–Crippen MR) is 85.9 cm³/mol. The number of hydrogen-bond acceptors (Lipinski definition) is 2. The van der Waals surface area contributed by atoms with Crippen LogP contribution >= 0.6 is 0 Å². The number of hydrogen-bond donors (Lipinski definition) is 0. The first-order valence-corrected chi connectivity index (χ1v) is 8.50. The maximum Gasteiger partial charge on any atom is 0.0672 e. The molecule has 0 saturated heterocycles. The molecule has 2 aliphatic rings. The van der Waals surface area contributed by atoms with E-state index in [1.165, 1.54) is 31.4 Å². The van der Waals surface area contributed by atoms with Gasteiger partial charge >= 0.3 is 0 Å². The molecule has 0 spiro atoms. The Morgan fingerprint density at radius 3 is 2.52 bits per heavy atom. The van der Waals surface area contributed by atoms with E-state index in [0.29, 0.717) is 12.0 Å². The van der Waals surface area contributed by atoms with Crippen LogP contribution in [0.2, 0.25) is 0 Å². The molecule has 1 aromatic rings. The third-order valence-corrected chi connectivity index (χ3v) is 5.32. The Kier molecular flexibility index (Phi) is 4.60. The first kappa shape index (κ1) is 14.6. The highest BCUT2D eigenvalue weighted by Gasteiger charge is 2.36. The Hall–Kier alpha value is -1.33. The molecule has 0 N–H and O–H groups in total. The summed E-state index contributed by atoms with van der Waals surface area (Å²) in [6.45, 7) is 4.55. The molecule has 2 saturated carbocycles. The second kappa shape index (κ2) is 6.62. The van der Waals surface area contributed by atoms with Gasteiger partial charge in [0, 0.05) is 12.6 Å². The average molecular weight is 282 g/mol. The molecular weight excluding hydrogens is 256 g/mol. The third-order valence-electron chi connectivity index (χ3n) is 5.32. The first-order valence-electron chi connectivity index (χ1n) is 8.50. The molecule has 0 amide bonds. The summed E-state index contributed by atoms with van der Waals surface area (Å²) in [4.78, 5) is 2.60.